The van der Waals surface area contributed by atoms with E-state index < -0.39 is 12.1 Å². The molecule has 0 fully saturated rings. The number of pyridine rings is 1. The first-order valence-corrected chi connectivity index (χ1v) is 9.16. The Morgan fingerprint density at radius 1 is 1.33 bits per heavy atom. The number of rotatable bonds is 5. The van der Waals surface area contributed by atoms with Crippen LogP contribution in [0.1, 0.15) is 17.4 Å². The van der Waals surface area contributed by atoms with Crippen LogP contribution in [0.15, 0.2) is 46.9 Å². The third-order valence-corrected chi connectivity index (χ3v) is 4.85. The Morgan fingerprint density at radius 2 is 2.04 bits per heavy atom. The molecule has 0 aliphatic heterocycles. The van der Waals surface area contributed by atoms with Gasteiger partial charge in [-0.05, 0) is 48.4 Å². The number of fused-ring (bicyclic) bond motifs is 1. The Labute approximate surface area is 169 Å². The van der Waals surface area contributed by atoms with Crippen LogP contribution < -0.4 is 0 Å². The molecule has 3 rings (SSSR count). The Hall–Kier alpha value is -2.46. The van der Waals surface area contributed by atoms with Crippen molar-refractivity contribution in [1.82, 2.24) is 4.98 Å². The van der Waals surface area contributed by atoms with Crippen molar-refractivity contribution in [2.24, 2.45) is 0 Å². The van der Waals surface area contributed by atoms with E-state index in [1.807, 2.05) is 36.4 Å². The van der Waals surface area contributed by atoms with E-state index in [1.165, 1.54) is 0 Å². The zero-order valence-electron chi connectivity index (χ0n) is 14.2. The summed E-state index contributed by atoms with van der Waals surface area (Å²) in [7, 11) is 0. The third kappa shape index (κ3) is 3.96. The van der Waals surface area contributed by atoms with Crippen LogP contribution in [0.3, 0.4) is 0 Å². The molecule has 27 heavy (non-hydrogen) atoms. The number of ether oxygens (including phenoxy) is 1. The number of carbonyl (C=O) groups is 1. The van der Waals surface area contributed by atoms with E-state index in [9.17, 15) is 9.90 Å². The summed E-state index contributed by atoms with van der Waals surface area (Å²) in [4.78, 5) is 16.5. The smallest absolute Gasteiger partial charge is 0.337 e. The average molecular weight is 446 g/mol. The van der Waals surface area contributed by atoms with Crippen molar-refractivity contribution in [3.05, 3.63) is 63.2 Å². The Balaban J connectivity index is 2.39. The van der Waals surface area contributed by atoms with Gasteiger partial charge in [0.25, 0.3) is 0 Å². The lowest BCUT2D eigenvalue weighted by Gasteiger charge is -2.21. The summed E-state index contributed by atoms with van der Waals surface area (Å²) in [5, 5.41) is 19.9. The molecule has 3 aromatic rings. The van der Waals surface area contributed by atoms with Crippen LogP contribution in [0, 0.1) is 18.3 Å². The van der Waals surface area contributed by atoms with Gasteiger partial charge >= 0.3 is 5.97 Å². The van der Waals surface area contributed by atoms with E-state index >= 15 is 0 Å². The third-order valence-electron chi connectivity index (χ3n) is 4.11. The zero-order valence-corrected chi connectivity index (χ0v) is 16.6. The van der Waals surface area contributed by atoms with Crippen LogP contribution in [-0.2, 0) is 9.53 Å². The van der Waals surface area contributed by atoms with Crippen molar-refractivity contribution in [2.45, 2.75) is 13.0 Å². The molecule has 0 aliphatic rings. The molecule has 1 atom stereocenters. The largest absolute Gasteiger partial charge is 0.479 e. The fourth-order valence-corrected chi connectivity index (χ4v) is 3.51. The van der Waals surface area contributed by atoms with Crippen LogP contribution in [0.5, 0.6) is 0 Å². The van der Waals surface area contributed by atoms with Gasteiger partial charge in [0.15, 0.2) is 6.10 Å². The topological polar surface area (TPSA) is 83.2 Å². The maximum atomic E-state index is 11.9. The first-order chi connectivity index (χ1) is 12.9. The number of aryl methyl sites for hydroxylation is 1. The van der Waals surface area contributed by atoms with E-state index in [0.29, 0.717) is 21.8 Å². The van der Waals surface area contributed by atoms with Crippen LogP contribution in [0.4, 0.5) is 0 Å². The fraction of sp³-hybridized carbons (Fsp3) is 0.150. The summed E-state index contributed by atoms with van der Waals surface area (Å²) >= 11 is 9.48. The molecule has 7 heteroatoms. The number of aromatic nitrogens is 1. The lowest BCUT2D eigenvalue weighted by atomic mass is 9.91. The zero-order chi connectivity index (χ0) is 19.6. The van der Waals surface area contributed by atoms with Crippen LogP contribution in [0.25, 0.3) is 22.0 Å². The number of halogens is 2. The molecule has 0 amide bonds. The first-order valence-electron chi connectivity index (χ1n) is 7.99. The summed E-state index contributed by atoms with van der Waals surface area (Å²) in [6.07, 6.45) is -1.31. The minimum absolute atomic E-state index is 0.340. The van der Waals surface area contributed by atoms with Gasteiger partial charge in [-0.2, -0.15) is 5.26 Å². The number of carboxylic acid groups (broad SMARTS) is 1. The van der Waals surface area contributed by atoms with Crippen molar-refractivity contribution in [2.75, 3.05) is 6.61 Å². The molecule has 1 N–H and O–H groups in total. The van der Waals surface area contributed by atoms with Gasteiger partial charge in [-0.25, -0.2) is 4.79 Å². The van der Waals surface area contributed by atoms with Gasteiger partial charge in [-0.1, -0.05) is 39.7 Å². The second kappa shape index (κ2) is 8.05. The van der Waals surface area contributed by atoms with Crippen molar-refractivity contribution >= 4 is 44.4 Å². The molecule has 0 radical (unpaired) electrons. The Bertz CT molecular complexity index is 1060. The van der Waals surface area contributed by atoms with E-state index in [4.69, 9.17) is 21.6 Å². The predicted octanol–water partition coefficient (Wildman–Crippen LogP) is 5.29. The summed E-state index contributed by atoms with van der Waals surface area (Å²) in [6.45, 7) is 1.40. The average Bonchev–Trinajstić information content (AvgIpc) is 2.63. The molecule has 2 aromatic carbocycles. The number of nitrogens with zero attached hydrogens (tertiary/aromatic N) is 2. The lowest BCUT2D eigenvalue weighted by Crippen LogP contribution is -2.18. The standard InChI is InChI=1S/C20H14BrClN2O3/c1-11-17(19(20(25)26)27-9-8-23)18(12-2-5-14(22)6-3-12)15-10-13(21)4-7-16(15)24-11/h2-7,10,19H,9H2,1H3,(H,25,26). The van der Waals surface area contributed by atoms with E-state index in [2.05, 4.69) is 20.9 Å². The van der Waals surface area contributed by atoms with Crippen molar-refractivity contribution < 1.29 is 14.6 Å². The number of hydrogen-bond donors (Lipinski definition) is 1. The van der Waals surface area contributed by atoms with Crippen molar-refractivity contribution in [1.29, 1.82) is 5.26 Å². The van der Waals surface area contributed by atoms with Gasteiger partial charge in [-0.3, -0.25) is 4.98 Å². The van der Waals surface area contributed by atoms with Crippen molar-refractivity contribution in [3.63, 3.8) is 0 Å². The Morgan fingerprint density at radius 3 is 2.67 bits per heavy atom. The molecule has 0 aliphatic carbocycles. The highest BCUT2D eigenvalue weighted by molar-refractivity contribution is 9.10. The molecule has 0 saturated heterocycles. The molecule has 0 spiro atoms. The number of aliphatic carboxylic acids is 1. The van der Waals surface area contributed by atoms with E-state index in [0.717, 1.165) is 20.9 Å². The van der Waals surface area contributed by atoms with Gasteiger partial charge in [-0.15, -0.1) is 0 Å². The second-order valence-corrected chi connectivity index (χ2v) is 7.19. The minimum atomic E-state index is -1.31. The molecule has 136 valence electrons. The highest BCUT2D eigenvalue weighted by Crippen LogP contribution is 2.39. The van der Waals surface area contributed by atoms with Crippen LogP contribution in [-0.4, -0.2) is 22.7 Å². The summed E-state index contributed by atoms with van der Waals surface area (Å²) in [5.41, 5.74) is 3.16. The van der Waals surface area contributed by atoms with Crippen LogP contribution >= 0.6 is 27.5 Å². The first kappa shape index (κ1) is 19.3. The number of carboxylic acids is 1. The number of hydrogen-bond acceptors (Lipinski definition) is 4. The normalized spacial score (nSPS) is 11.9. The molecule has 0 bridgehead atoms. The number of nitriles is 1. The molecule has 1 aromatic heterocycles. The van der Waals surface area contributed by atoms with Crippen LogP contribution in [0.2, 0.25) is 5.02 Å². The predicted molar refractivity (Wildman–Crippen MR) is 107 cm³/mol. The molecular weight excluding hydrogens is 432 g/mol. The van der Waals surface area contributed by atoms with Crippen molar-refractivity contribution in [3.8, 4) is 17.2 Å². The quantitative estimate of drug-likeness (QED) is 0.577. The highest BCUT2D eigenvalue weighted by atomic mass is 79.9. The van der Waals surface area contributed by atoms with Gasteiger partial charge in [0.2, 0.25) is 0 Å². The summed E-state index contributed by atoms with van der Waals surface area (Å²) < 4.78 is 6.19. The fourth-order valence-electron chi connectivity index (χ4n) is 3.02. The highest BCUT2D eigenvalue weighted by Gasteiger charge is 2.28. The summed E-state index contributed by atoms with van der Waals surface area (Å²) in [5.74, 6) is -1.18. The maximum absolute atomic E-state index is 11.9. The molecular formula is C20H14BrClN2O3. The van der Waals surface area contributed by atoms with Gasteiger partial charge in [0, 0.05) is 26.1 Å². The maximum Gasteiger partial charge on any atom is 0.337 e. The molecule has 1 unspecified atom stereocenters. The second-order valence-electron chi connectivity index (χ2n) is 5.84. The minimum Gasteiger partial charge on any atom is -0.479 e. The van der Waals surface area contributed by atoms with E-state index in [-0.39, 0.29) is 6.61 Å². The van der Waals surface area contributed by atoms with Gasteiger partial charge in [0.1, 0.15) is 6.61 Å². The van der Waals surface area contributed by atoms with E-state index in [1.54, 1.807) is 19.1 Å². The molecule has 1 heterocycles. The molecule has 5 nitrogen and oxygen atoms in total. The van der Waals surface area contributed by atoms with Gasteiger partial charge < -0.3 is 9.84 Å². The molecule has 0 saturated carbocycles. The van der Waals surface area contributed by atoms with Gasteiger partial charge in [0.05, 0.1) is 11.6 Å². The lowest BCUT2D eigenvalue weighted by molar-refractivity contribution is -0.149. The SMILES string of the molecule is Cc1nc2ccc(Br)cc2c(-c2ccc(Cl)cc2)c1C(OCC#N)C(=O)O. The Kier molecular flexibility index (Phi) is 5.76. The summed E-state index contributed by atoms with van der Waals surface area (Å²) in [6, 6.07) is 14.6. The monoisotopic (exact) mass is 444 g/mol. The number of benzene rings is 2.